The summed E-state index contributed by atoms with van der Waals surface area (Å²) in [6.07, 6.45) is 1.73. The highest BCUT2D eigenvalue weighted by molar-refractivity contribution is 5.99. The van der Waals surface area contributed by atoms with E-state index in [4.69, 9.17) is 5.73 Å². The molecule has 0 radical (unpaired) electrons. The number of aromatic nitrogens is 4. The Morgan fingerprint density at radius 1 is 1.43 bits per heavy atom. The lowest BCUT2D eigenvalue weighted by Crippen LogP contribution is -2.13. The first-order valence-electron chi connectivity index (χ1n) is 6.60. The fourth-order valence-corrected chi connectivity index (χ4v) is 2.16. The zero-order valence-corrected chi connectivity index (χ0v) is 12.1. The second-order valence-electron chi connectivity index (χ2n) is 4.54. The van der Waals surface area contributed by atoms with Gasteiger partial charge in [0.2, 0.25) is 0 Å². The van der Waals surface area contributed by atoms with Crippen LogP contribution in [0.4, 0.5) is 5.82 Å². The monoisotopic (exact) mass is 305 g/mol. The van der Waals surface area contributed by atoms with Crippen molar-refractivity contribution >= 4 is 17.4 Å². The van der Waals surface area contributed by atoms with Crippen molar-refractivity contribution in [1.29, 1.82) is 5.26 Å². The highest BCUT2D eigenvalue weighted by Gasteiger charge is 2.16. The number of H-pyrrole nitrogens is 1. The van der Waals surface area contributed by atoms with Gasteiger partial charge in [-0.3, -0.25) is 14.3 Å². The summed E-state index contributed by atoms with van der Waals surface area (Å²) >= 11 is 0. The van der Waals surface area contributed by atoms with Gasteiger partial charge in [0.25, 0.3) is 5.91 Å². The number of nitrogens with zero attached hydrogens (tertiary/aromatic N) is 4. The predicted octanol–water partition coefficient (Wildman–Crippen LogP) is 0.469. The minimum Gasteiger partial charge on any atom is -0.371 e. The molecule has 8 heteroatoms. The Hall–Kier alpha value is -3.78. The van der Waals surface area contributed by atoms with Crippen LogP contribution in [0.25, 0.3) is 5.65 Å². The summed E-state index contributed by atoms with van der Waals surface area (Å²) in [5.41, 5.74) is 7.03. The number of primary amides is 1. The summed E-state index contributed by atoms with van der Waals surface area (Å²) in [6, 6.07) is 7.47. The number of amides is 1. The predicted molar refractivity (Wildman–Crippen MR) is 82.5 cm³/mol. The molecular weight excluding hydrogens is 294 g/mol. The number of nitriles is 1. The van der Waals surface area contributed by atoms with Crippen LogP contribution >= 0.6 is 0 Å². The van der Waals surface area contributed by atoms with Gasteiger partial charge in [0.15, 0.2) is 17.2 Å². The lowest BCUT2D eigenvalue weighted by atomic mass is 10.2. The van der Waals surface area contributed by atoms with Gasteiger partial charge in [-0.15, -0.1) is 0 Å². The van der Waals surface area contributed by atoms with Gasteiger partial charge >= 0.3 is 0 Å². The molecule has 3 heterocycles. The van der Waals surface area contributed by atoms with Crippen LogP contribution in [0.2, 0.25) is 0 Å². The molecule has 3 rings (SSSR count). The average molecular weight is 305 g/mol. The zero-order chi connectivity index (χ0) is 16.4. The van der Waals surface area contributed by atoms with E-state index in [1.54, 1.807) is 29.8 Å². The summed E-state index contributed by atoms with van der Waals surface area (Å²) < 4.78 is 1.64. The lowest BCUT2D eigenvalue weighted by molar-refractivity contribution is 0.100. The average Bonchev–Trinajstić information content (AvgIpc) is 3.13. The van der Waals surface area contributed by atoms with Gasteiger partial charge < -0.3 is 11.1 Å². The van der Waals surface area contributed by atoms with Gasteiger partial charge in [-0.2, -0.15) is 10.4 Å². The third-order valence-electron chi connectivity index (χ3n) is 3.19. The molecule has 3 aromatic heterocycles. The second kappa shape index (κ2) is 5.54. The van der Waals surface area contributed by atoms with Crippen LogP contribution in [0.1, 0.15) is 27.4 Å². The van der Waals surface area contributed by atoms with Crippen molar-refractivity contribution in [1.82, 2.24) is 19.6 Å². The number of hydrogen-bond donors (Lipinski definition) is 3. The molecule has 0 aliphatic heterocycles. The smallest absolute Gasteiger partial charge is 0.255 e. The Morgan fingerprint density at radius 3 is 2.96 bits per heavy atom. The molecule has 1 amide bonds. The van der Waals surface area contributed by atoms with E-state index in [-0.39, 0.29) is 11.3 Å². The van der Waals surface area contributed by atoms with Gasteiger partial charge in [-0.05, 0) is 24.0 Å². The highest BCUT2D eigenvalue weighted by atomic mass is 16.1. The van der Waals surface area contributed by atoms with Crippen LogP contribution < -0.4 is 11.1 Å². The number of hydrogen-bond acceptors (Lipinski definition) is 5. The molecule has 8 nitrogen and oxygen atoms in total. The number of aromatic amines is 1. The molecule has 0 aliphatic carbocycles. The van der Waals surface area contributed by atoms with Crippen LogP contribution in [0.5, 0.6) is 0 Å². The van der Waals surface area contributed by atoms with E-state index in [9.17, 15) is 10.1 Å². The fourth-order valence-electron chi connectivity index (χ4n) is 2.16. The summed E-state index contributed by atoms with van der Waals surface area (Å²) in [5.74, 6) is 5.22. The molecular formula is C15H11N7O. The molecule has 4 N–H and O–H groups in total. The molecule has 0 saturated carbocycles. The minimum absolute atomic E-state index is 0.169. The number of anilines is 1. The van der Waals surface area contributed by atoms with Crippen LogP contribution in [0.3, 0.4) is 0 Å². The number of fused-ring (bicyclic) bond motifs is 1. The van der Waals surface area contributed by atoms with E-state index in [0.29, 0.717) is 22.9 Å². The molecule has 0 spiro atoms. The standard InChI is InChI=1S/C15H11N7O/c1-18-15-13(14(17)23)10(20-21-15)6-5-9-11(8-16)22-7-3-2-4-12(22)19-9/h2-4,7H,1H3,(H2,17,23)(H2,18,20,21). The number of imidazole rings is 1. The van der Waals surface area contributed by atoms with E-state index in [1.165, 1.54) is 0 Å². The quantitative estimate of drug-likeness (QED) is 0.593. The molecule has 0 aromatic carbocycles. The SMILES string of the molecule is CNc1n[nH]c(C#Cc2nc3ccccn3c2C#N)c1C(N)=O. The summed E-state index contributed by atoms with van der Waals surface area (Å²) in [5, 5.41) is 18.6. The largest absolute Gasteiger partial charge is 0.371 e. The van der Waals surface area contributed by atoms with Gasteiger partial charge in [-0.1, -0.05) is 6.07 Å². The van der Waals surface area contributed by atoms with Crippen molar-refractivity contribution in [3.05, 3.63) is 47.0 Å². The van der Waals surface area contributed by atoms with Crippen molar-refractivity contribution in [3.63, 3.8) is 0 Å². The van der Waals surface area contributed by atoms with Crippen molar-refractivity contribution in [2.24, 2.45) is 5.73 Å². The van der Waals surface area contributed by atoms with E-state index in [0.717, 1.165) is 0 Å². The van der Waals surface area contributed by atoms with Gasteiger partial charge in [0.1, 0.15) is 23.0 Å². The molecule has 0 bridgehead atoms. The number of nitrogens with two attached hydrogens (primary N) is 1. The molecule has 0 fully saturated rings. The molecule has 0 atom stereocenters. The van der Waals surface area contributed by atoms with Crippen molar-refractivity contribution in [2.75, 3.05) is 12.4 Å². The van der Waals surface area contributed by atoms with Crippen LogP contribution in [-0.4, -0.2) is 32.5 Å². The third kappa shape index (κ3) is 2.34. The molecule has 0 saturated heterocycles. The lowest BCUT2D eigenvalue weighted by Gasteiger charge is -1.95. The van der Waals surface area contributed by atoms with Gasteiger partial charge in [-0.25, -0.2) is 4.98 Å². The Bertz CT molecular complexity index is 1010. The Morgan fingerprint density at radius 2 is 2.26 bits per heavy atom. The maximum Gasteiger partial charge on any atom is 0.255 e. The molecule has 112 valence electrons. The number of carbonyl (C=O) groups excluding carboxylic acids is 1. The zero-order valence-electron chi connectivity index (χ0n) is 12.1. The first kappa shape index (κ1) is 14.2. The number of rotatable bonds is 2. The van der Waals surface area contributed by atoms with Crippen LogP contribution in [0, 0.1) is 23.2 Å². The summed E-state index contributed by atoms with van der Waals surface area (Å²) in [7, 11) is 1.62. The molecule has 0 unspecified atom stereocenters. The van der Waals surface area contributed by atoms with E-state index in [2.05, 4.69) is 38.4 Å². The Kier molecular flexibility index (Phi) is 3.41. The van der Waals surface area contributed by atoms with Gasteiger partial charge in [0, 0.05) is 13.2 Å². The molecule has 3 aromatic rings. The normalized spacial score (nSPS) is 9.91. The topological polar surface area (TPSA) is 125 Å². The molecule has 23 heavy (non-hydrogen) atoms. The van der Waals surface area contributed by atoms with Crippen molar-refractivity contribution < 1.29 is 4.79 Å². The van der Waals surface area contributed by atoms with Gasteiger partial charge in [0.05, 0.1) is 0 Å². The summed E-state index contributed by atoms with van der Waals surface area (Å²) in [4.78, 5) is 15.8. The van der Waals surface area contributed by atoms with E-state index >= 15 is 0 Å². The maximum atomic E-state index is 11.5. The van der Waals surface area contributed by atoms with Crippen LogP contribution in [0.15, 0.2) is 24.4 Å². The Labute approximate surface area is 130 Å². The number of pyridine rings is 1. The maximum absolute atomic E-state index is 11.5. The minimum atomic E-state index is -0.650. The van der Waals surface area contributed by atoms with E-state index in [1.807, 2.05) is 6.07 Å². The fraction of sp³-hybridized carbons (Fsp3) is 0.0667. The first-order chi connectivity index (χ1) is 11.2. The third-order valence-corrected chi connectivity index (χ3v) is 3.19. The molecule has 0 aliphatic rings. The van der Waals surface area contributed by atoms with E-state index < -0.39 is 5.91 Å². The highest BCUT2D eigenvalue weighted by Crippen LogP contribution is 2.15. The van der Waals surface area contributed by atoms with Crippen LogP contribution in [-0.2, 0) is 0 Å². The first-order valence-corrected chi connectivity index (χ1v) is 6.60. The van der Waals surface area contributed by atoms with Crippen molar-refractivity contribution in [3.8, 4) is 17.9 Å². The number of carbonyl (C=O) groups is 1. The van der Waals surface area contributed by atoms with Crippen molar-refractivity contribution in [2.45, 2.75) is 0 Å². The second-order valence-corrected chi connectivity index (χ2v) is 4.54. The Balaban J connectivity index is 2.12. The number of nitrogens with one attached hydrogen (secondary N) is 2. The summed E-state index contributed by atoms with van der Waals surface area (Å²) in [6.45, 7) is 0.